The molecule has 0 aliphatic carbocycles. The number of unbranched alkanes of at least 4 members (excludes halogenated alkanes) is 2. The van der Waals surface area contributed by atoms with Gasteiger partial charge in [-0.1, -0.05) is 0 Å². The van der Waals surface area contributed by atoms with Gasteiger partial charge in [-0.05, 0) is 19.3 Å². The summed E-state index contributed by atoms with van der Waals surface area (Å²) in [5.41, 5.74) is 0. The molecule has 0 saturated heterocycles. The van der Waals surface area contributed by atoms with E-state index in [2.05, 4.69) is 5.32 Å². The predicted octanol–water partition coefficient (Wildman–Crippen LogP) is 0.942. The van der Waals surface area contributed by atoms with E-state index in [1.807, 2.05) is 0 Å². The van der Waals surface area contributed by atoms with Gasteiger partial charge in [0.25, 0.3) is 0 Å². The lowest BCUT2D eigenvalue weighted by atomic mass is 10.2. The average molecular weight is 195 g/mol. The molecule has 0 aromatic rings. The Labute approximate surface area is 73.1 Å². The van der Waals surface area contributed by atoms with E-state index in [9.17, 15) is 4.79 Å². The molecule has 1 atom stereocenters. The van der Waals surface area contributed by atoms with E-state index in [0.717, 1.165) is 19.3 Å². The topological polar surface area (TPSA) is 78.8 Å². The summed E-state index contributed by atoms with van der Waals surface area (Å²) < 4.78 is 4.71. The van der Waals surface area contributed by atoms with Crippen molar-refractivity contribution in [2.24, 2.45) is 0 Å². The molecule has 0 aromatic heterocycles. The molecule has 0 aliphatic heterocycles. The van der Waals surface area contributed by atoms with Gasteiger partial charge in [-0.25, -0.2) is 4.79 Å². The molecule has 1 amide bonds. The van der Waals surface area contributed by atoms with Crippen LogP contribution in [0.2, 0.25) is 0 Å². The van der Waals surface area contributed by atoms with Gasteiger partial charge in [-0.2, -0.15) is 0 Å². The smallest absolute Gasteiger partial charge is 0.404 e. The van der Waals surface area contributed by atoms with E-state index >= 15 is 0 Å². The van der Waals surface area contributed by atoms with E-state index in [-0.39, 0.29) is 0 Å². The van der Waals surface area contributed by atoms with Gasteiger partial charge in [-0.15, -0.1) is 0 Å². The van der Waals surface area contributed by atoms with Gasteiger partial charge in [0.1, 0.15) is 0 Å². The van der Waals surface area contributed by atoms with Crippen LogP contribution in [0, 0.1) is 0 Å². The minimum atomic E-state index is -0.983. The van der Waals surface area contributed by atoms with E-state index < -0.39 is 15.1 Å². The summed E-state index contributed by atoms with van der Waals surface area (Å²) in [6.07, 6.45) is 1.59. The molecule has 0 rings (SSSR count). The van der Waals surface area contributed by atoms with Crippen LogP contribution in [0.1, 0.15) is 19.3 Å². The Morgan fingerprint density at radius 3 is 2.75 bits per heavy atom. The lowest BCUT2D eigenvalue weighted by molar-refractivity contribution is 0.194. The molecule has 0 bridgehead atoms. The van der Waals surface area contributed by atoms with Gasteiger partial charge in [-0.3, -0.25) is 0 Å². The third kappa shape index (κ3) is 9.62. The highest BCUT2D eigenvalue weighted by Crippen LogP contribution is 2.05. The zero-order chi connectivity index (χ0) is 9.23. The molecule has 0 heterocycles. The molecule has 72 valence electrons. The van der Waals surface area contributed by atoms with Crippen LogP contribution >= 0.6 is 9.03 Å². The third-order valence-corrected chi connectivity index (χ3v) is 1.60. The van der Waals surface area contributed by atoms with Crippen LogP contribution in [0.5, 0.6) is 0 Å². The second-order valence-electron chi connectivity index (χ2n) is 2.23. The summed E-state index contributed by atoms with van der Waals surface area (Å²) in [4.78, 5) is 18.2. The fraction of sp³-hybridized carbons (Fsp3) is 0.833. The Morgan fingerprint density at radius 2 is 2.17 bits per heavy atom. The zero-order valence-corrected chi connectivity index (χ0v) is 7.75. The van der Waals surface area contributed by atoms with Gasteiger partial charge >= 0.3 is 6.09 Å². The lowest BCUT2D eigenvalue weighted by Crippen LogP contribution is -2.21. The molecular formula is C6H14NO4P. The number of amides is 1. The first-order chi connectivity index (χ1) is 5.77. The van der Waals surface area contributed by atoms with E-state index in [1.165, 1.54) is 0 Å². The number of hydrogen-bond donors (Lipinski definition) is 3. The van der Waals surface area contributed by atoms with Gasteiger partial charge in [0.05, 0.1) is 6.61 Å². The average Bonchev–Trinajstić information content (AvgIpc) is 2.02. The second kappa shape index (κ2) is 8.71. The summed E-state index contributed by atoms with van der Waals surface area (Å²) >= 11 is 0. The van der Waals surface area contributed by atoms with Gasteiger partial charge < -0.3 is 19.8 Å². The van der Waals surface area contributed by atoms with Crippen molar-refractivity contribution in [3.63, 3.8) is 0 Å². The highest BCUT2D eigenvalue weighted by Gasteiger charge is 1.93. The van der Waals surface area contributed by atoms with Crippen molar-refractivity contribution < 1.29 is 19.3 Å². The predicted molar refractivity (Wildman–Crippen MR) is 46.4 cm³/mol. The minimum Gasteiger partial charge on any atom is -0.465 e. The van der Waals surface area contributed by atoms with Crippen molar-refractivity contribution in [3.8, 4) is 0 Å². The highest BCUT2D eigenvalue weighted by atomic mass is 31.1. The number of carboxylic acid groups (broad SMARTS) is 1. The van der Waals surface area contributed by atoms with Crippen molar-refractivity contribution >= 4 is 15.1 Å². The maximum Gasteiger partial charge on any atom is 0.404 e. The maximum atomic E-state index is 9.97. The van der Waals surface area contributed by atoms with Gasteiger partial charge in [0.15, 0.2) is 9.03 Å². The monoisotopic (exact) mass is 195 g/mol. The molecule has 5 nitrogen and oxygen atoms in total. The third-order valence-electron chi connectivity index (χ3n) is 1.26. The normalized spacial score (nSPS) is 10.8. The van der Waals surface area contributed by atoms with Crippen molar-refractivity contribution in [1.29, 1.82) is 0 Å². The number of rotatable bonds is 7. The number of carbonyl (C=O) groups is 1. The van der Waals surface area contributed by atoms with Gasteiger partial charge in [0, 0.05) is 6.54 Å². The van der Waals surface area contributed by atoms with Crippen molar-refractivity contribution in [2.75, 3.05) is 13.2 Å². The summed E-state index contributed by atoms with van der Waals surface area (Å²) in [7, 11) is -0.444. The second-order valence-corrected chi connectivity index (χ2v) is 2.70. The summed E-state index contributed by atoms with van der Waals surface area (Å²) in [5.74, 6) is 0. The Morgan fingerprint density at radius 1 is 1.42 bits per heavy atom. The Hall–Kier alpha value is -0.380. The molecule has 0 saturated carbocycles. The summed E-state index contributed by atoms with van der Waals surface area (Å²) in [6, 6.07) is 0. The SMILES string of the molecule is O=C(O)NCCCCCOPO. The van der Waals surface area contributed by atoms with Crippen LogP contribution in [0.4, 0.5) is 4.79 Å². The molecule has 0 spiro atoms. The molecule has 3 N–H and O–H groups in total. The zero-order valence-electron chi connectivity index (χ0n) is 6.75. The molecule has 1 unspecified atom stereocenters. The first-order valence-electron chi connectivity index (χ1n) is 3.75. The van der Waals surface area contributed by atoms with Crippen molar-refractivity contribution in [3.05, 3.63) is 0 Å². The summed E-state index contributed by atoms with van der Waals surface area (Å²) in [6.45, 7) is 1.03. The molecule has 0 radical (unpaired) electrons. The number of nitrogens with one attached hydrogen (secondary N) is 1. The van der Waals surface area contributed by atoms with E-state index in [1.54, 1.807) is 0 Å². The molecule has 0 aromatic carbocycles. The van der Waals surface area contributed by atoms with Crippen LogP contribution in [0.3, 0.4) is 0 Å². The Bertz CT molecular complexity index is 122. The standard InChI is InChI=1S/C6H14NO4P/c8-6(9)7-4-2-1-3-5-11-12-10/h7,10,12H,1-5H2,(H,8,9). The first kappa shape index (κ1) is 11.6. The summed E-state index contributed by atoms with van der Waals surface area (Å²) in [5, 5.41) is 10.5. The first-order valence-corrected chi connectivity index (χ1v) is 4.60. The molecular weight excluding hydrogens is 181 g/mol. The van der Waals surface area contributed by atoms with Crippen LogP contribution in [-0.2, 0) is 4.52 Å². The lowest BCUT2D eigenvalue weighted by Gasteiger charge is -2.00. The van der Waals surface area contributed by atoms with E-state index in [4.69, 9.17) is 14.5 Å². The van der Waals surface area contributed by atoms with Crippen LogP contribution in [0.15, 0.2) is 0 Å². The fourth-order valence-corrected chi connectivity index (χ4v) is 0.953. The quantitative estimate of drug-likeness (QED) is 0.417. The van der Waals surface area contributed by atoms with Crippen LogP contribution < -0.4 is 5.32 Å². The van der Waals surface area contributed by atoms with Crippen molar-refractivity contribution in [1.82, 2.24) is 5.32 Å². The highest BCUT2D eigenvalue weighted by molar-refractivity contribution is 7.24. The Balaban J connectivity index is 2.86. The fourth-order valence-electron chi connectivity index (χ4n) is 0.717. The largest absolute Gasteiger partial charge is 0.465 e. The Kier molecular flexibility index (Phi) is 8.44. The van der Waals surface area contributed by atoms with Gasteiger partial charge in [0.2, 0.25) is 0 Å². The maximum absolute atomic E-state index is 9.97. The number of hydrogen-bond acceptors (Lipinski definition) is 3. The molecule has 12 heavy (non-hydrogen) atoms. The molecule has 6 heteroatoms. The van der Waals surface area contributed by atoms with Crippen LogP contribution in [-0.4, -0.2) is 29.2 Å². The van der Waals surface area contributed by atoms with Crippen LogP contribution in [0.25, 0.3) is 0 Å². The van der Waals surface area contributed by atoms with Crippen molar-refractivity contribution in [2.45, 2.75) is 19.3 Å². The molecule has 0 fully saturated rings. The van der Waals surface area contributed by atoms with E-state index in [0.29, 0.717) is 13.2 Å². The minimum absolute atomic E-state index is 0.444. The molecule has 0 aliphatic rings.